The average Bonchev–Trinajstić information content (AvgIpc) is 2.38. The number of nitrogens with zero attached hydrogens (tertiary/aromatic N) is 1. The molecular weight excluding hydrogens is 301 g/mol. The standard InChI is InChI=1S/C14H13ClFNO2S/c1-20(18,19)17(13-8-6-12(15)7-9-13)10-11-4-2-3-5-14(11)16/h2-9H,10H2,1H3. The van der Waals surface area contributed by atoms with Crippen LogP contribution in [0.1, 0.15) is 5.56 Å². The van der Waals surface area contributed by atoms with Gasteiger partial charge in [0.1, 0.15) is 5.82 Å². The van der Waals surface area contributed by atoms with Crippen molar-refractivity contribution in [3.8, 4) is 0 Å². The minimum Gasteiger partial charge on any atom is -0.266 e. The van der Waals surface area contributed by atoms with Gasteiger partial charge in [0.2, 0.25) is 10.0 Å². The van der Waals surface area contributed by atoms with E-state index in [9.17, 15) is 12.8 Å². The van der Waals surface area contributed by atoms with E-state index in [0.717, 1.165) is 10.6 Å². The lowest BCUT2D eigenvalue weighted by atomic mass is 10.2. The minimum atomic E-state index is -3.52. The molecular formula is C14H13ClFNO2S. The van der Waals surface area contributed by atoms with Crippen LogP contribution in [0.15, 0.2) is 48.5 Å². The second kappa shape index (κ2) is 5.81. The zero-order valence-electron chi connectivity index (χ0n) is 10.8. The summed E-state index contributed by atoms with van der Waals surface area (Å²) in [7, 11) is -3.52. The lowest BCUT2D eigenvalue weighted by molar-refractivity contribution is 0.590. The van der Waals surface area contributed by atoms with Gasteiger partial charge in [0, 0.05) is 10.6 Å². The molecule has 0 heterocycles. The predicted molar refractivity (Wildman–Crippen MR) is 78.9 cm³/mol. The Balaban J connectivity index is 2.40. The number of halogens is 2. The molecule has 0 bridgehead atoms. The quantitative estimate of drug-likeness (QED) is 0.867. The first-order chi connectivity index (χ1) is 9.38. The van der Waals surface area contributed by atoms with Crippen molar-refractivity contribution in [1.29, 1.82) is 0 Å². The Hall–Kier alpha value is -1.59. The molecule has 0 aliphatic rings. The predicted octanol–water partition coefficient (Wildman–Crippen LogP) is 3.45. The van der Waals surface area contributed by atoms with Crippen molar-refractivity contribution in [3.05, 3.63) is 64.9 Å². The van der Waals surface area contributed by atoms with Gasteiger partial charge in [0.15, 0.2) is 0 Å². The largest absolute Gasteiger partial charge is 0.266 e. The Labute approximate surface area is 122 Å². The molecule has 0 aromatic heterocycles. The van der Waals surface area contributed by atoms with Crippen molar-refractivity contribution in [2.24, 2.45) is 0 Å². The molecule has 6 heteroatoms. The van der Waals surface area contributed by atoms with Gasteiger partial charge < -0.3 is 0 Å². The van der Waals surface area contributed by atoms with E-state index in [1.165, 1.54) is 6.07 Å². The van der Waals surface area contributed by atoms with Gasteiger partial charge in [-0.2, -0.15) is 0 Å². The van der Waals surface area contributed by atoms with Crippen molar-refractivity contribution in [1.82, 2.24) is 0 Å². The highest BCUT2D eigenvalue weighted by Gasteiger charge is 2.19. The summed E-state index contributed by atoms with van der Waals surface area (Å²) in [6, 6.07) is 12.5. The Morgan fingerprint density at radius 3 is 2.25 bits per heavy atom. The fourth-order valence-electron chi connectivity index (χ4n) is 1.79. The molecule has 0 N–H and O–H groups in total. The minimum absolute atomic E-state index is 0.0624. The average molecular weight is 314 g/mol. The summed E-state index contributed by atoms with van der Waals surface area (Å²) in [5.74, 6) is -0.435. The van der Waals surface area contributed by atoms with E-state index >= 15 is 0 Å². The third-order valence-electron chi connectivity index (χ3n) is 2.79. The highest BCUT2D eigenvalue weighted by Crippen LogP contribution is 2.23. The SMILES string of the molecule is CS(=O)(=O)N(Cc1ccccc1F)c1ccc(Cl)cc1. The number of benzene rings is 2. The maximum absolute atomic E-state index is 13.7. The smallest absolute Gasteiger partial charge is 0.232 e. The van der Waals surface area contributed by atoms with E-state index in [2.05, 4.69) is 0 Å². The Kier molecular flexibility index (Phi) is 4.30. The molecule has 2 aromatic rings. The molecule has 0 saturated heterocycles. The molecule has 2 rings (SSSR count). The van der Waals surface area contributed by atoms with Crippen LogP contribution in [0.4, 0.5) is 10.1 Å². The van der Waals surface area contributed by atoms with Crippen LogP contribution >= 0.6 is 11.6 Å². The highest BCUT2D eigenvalue weighted by atomic mass is 35.5. The molecule has 0 spiro atoms. The fourth-order valence-corrected chi connectivity index (χ4v) is 2.79. The van der Waals surface area contributed by atoms with Gasteiger partial charge in [-0.1, -0.05) is 29.8 Å². The van der Waals surface area contributed by atoms with Crippen molar-refractivity contribution < 1.29 is 12.8 Å². The molecule has 106 valence electrons. The third kappa shape index (κ3) is 3.49. The zero-order chi connectivity index (χ0) is 14.8. The number of hydrogen-bond acceptors (Lipinski definition) is 2. The van der Waals surface area contributed by atoms with E-state index in [1.54, 1.807) is 42.5 Å². The summed E-state index contributed by atoms with van der Waals surface area (Å²) in [4.78, 5) is 0. The normalized spacial score (nSPS) is 11.3. The molecule has 0 saturated carbocycles. The molecule has 0 aliphatic heterocycles. The summed E-state index contributed by atoms with van der Waals surface area (Å²) < 4.78 is 38.6. The Morgan fingerprint density at radius 2 is 1.70 bits per heavy atom. The summed E-state index contributed by atoms with van der Waals surface area (Å²) in [5, 5.41) is 0.507. The summed E-state index contributed by atoms with van der Waals surface area (Å²) in [5.41, 5.74) is 0.757. The number of anilines is 1. The first kappa shape index (κ1) is 14.8. The topological polar surface area (TPSA) is 37.4 Å². The van der Waals surface area contributed by atoms with Crippen LogP contribution in [0.3, 0.4) is 0 Å². The van der Waals surface area contributed by atoms with Crippen LogP contribution in [0.2, 0.25) is 5.02 Å². The van der Waals surface area contributed by atoms with Crippen molar-refractivity contribution in [2.75, 3.05) is 10.6 Å². The van der Waals surface area contributed by atoms with Crippen molar-refractivity contribution >= 4 is 27.3 Å². The van der Waals surface area contributed by atoms with Crippen LogP contribution in [0, 0.1) is 5.82 Å². The molecule has 0 unspecified atom stereocenters. The van der Waals surface area contributed by atoms with Crippen LogP contribution in [0.5, 0.6) is 0 Å². The third-order valence-corrected chi connectivity index (χ3v) is 4.18. The summed E-state index contributed by atoms with van der Waals surface area (Å²) in [6.45, 7) is -0.0624. The lowest BCUT2D eigenvalue weighted by Crippen LogP contribution is -2.29. The molecule has 3 nitrogen and oxygen atoms in total. The van der Waals surface area contributed by atoms with Crippen LogP contribution in [-0.2, 0) is 16.6 Å². The highest BCUT2D eigenvalue weighted by molar-refractivity contribution is 7.92. The number of sulfonamides is 1. The molecule has 0 radical (unpaired) electrons. The van der Waals surface area contributed by atoms with Gasteiger partial charge in [-0.25, -0.2) is 12.8 Å². The fraction of sp³-hybridized carbons (Fsp3) is 0.143. The van der Waals surface area contributed by atoms with E-state index in [1.807, 2.05) is 0 Å². The maximum Gasteiger partial charge on any atom is 0.232 e. The summed E-state index contributed by atoms with van der Waals surface area (Å²) in [6.07, 6.45) is 1.09. The first-order valence-electron chi connectivity index (χ1n) is 5.84. The van der Waals surface area contributed by atoms with Gasteiger partial charge in [0.25, 0.3) is 0 Å². The van der Waals surface area contributed by atoms with Crippen molar-refractivity contribution in [3.63, 3.8) is 0 Å². The molecule has 2 aromatic carbocycles. The maximum atomic E-state index is 13.7. The lowest BCUT2D eigenvalue weighted by Gasteiger charge is -2.22. The van der Waals surface area contributed by atoms with Gasteiger partial charge in [0.05, 0.1) is 18.5 Å². The van der Waals surface area contributed by atoms with Crippen LogP contribution in [0.25, 0.3) is 0 Å². The first-order valence-corrected chi connectivity index (χ1v) is 8.07. The van der Waals surface area contributed by atoms with Gasteiger partial charge in [-0.05, 0) is 30.3 Å². The van der Waals surface area contributed by atoms with Gasteiger partial charge >= 0.3 is 0 Å². The molecule has 0 atom stereocenters. The Bertz CT molecular complexity index is 701. The van der Waals surface area contributed by atoms with Gasteiger partial charge in [-0.3, -0.25) is 4.31 Å². The van der Waals surface area contributed by atoms with Crippen LogP contribution < -0.4 is 4.31 Å². The second-order valence-electron chi connectivity index (χ2n) is 4.34. The van der Waals surface area contributed by atoms with E-state index < -0.39 is 15.8 Å². The van der Waals surface area contributed by atoms with E-state index in [4.69, 9.17) is 11.6 Å². The summed E-state index contributed by atoms with van der Waals surface area (Å²) >= 11 is 5.79. The van der Waals surface area contributed by atoms with E-state index in [0.29, 0.717) is 16.3 Å². The molecule has 20 heavy (non-hydrogen) atoms. The molecule has 0 aliphatic carbocycles. The number of hydrogen-bond donors (Lipinski definition) is 0. The van der Waals surface area contributed by atoms with Crippen molar-refractivity contribution in [2.45, 2.75) is 6.54 Å². The van der Waals surface area contributed by atoms with Crippen LogP contribution in [-0.4, -0.2) is 14.7 Å². The Morgan fingerprint density at radius 1 is 1.10 bits per heavy atom. The van der Waals surface area contributed by atoms with Gasteiger partial charge in [-0.15, -0.1) is 0 Å². The zero-order valence-corrected chi connectivity index (χ0v) is 12.3. The monoisotopic (exact) mass is 313 g/mol. The number of rotatable bonds is 4. The second-order valence-corrected chi connectivity index (χ2v) is 6.68. The molecule has 0 amide bonds. The molecule has 0 fully saturated rings. The van der Waals surface area contributed by atoms with E-state index in [-0.39, 0.29) is 6.54 Å².